The Morgan fingerprint density at radius 1 is 1.43 bits per heavy atom. The molecule has 4 heteroatoms. The lowest BCUT2D eigenvalue weighted by Crippen LogP contribution is -2.36. The minimum absolute atomic E-state index is 0.0985. The van der Waals surface area contributed by atoms with Crippen molar-refractivity contribution in [3.63, 3.8) is 0 Å². The fourth-order valence-electron chi connectivity index (χ4n) is 2.79. The van der Waals surface area contributed by atoms with E-state index in [9.17, 15) is 9.90 Å². The van der Waals surface area contributed by atoms with Crippen molar-refractivity contribution in [3.8, 4) is 11.5 Å². The highest BCUT2D eigenvalue weighted by Gasteiger charge is 2.21. The molecule has 0 heterocycles. The molecule has 1 saturated carbocycles. The molecule has 2 rings (SSSR count). The Balaban J connectivity index is 2.21. The van der Waals surface area contributed by atoms with Gasteiger partial charge in [-0.05, 0) is 37.0 Å². The number of aromatic hydroxyl groups is 1. The molecule has 0 aliphatic heterocycles. The van der Waals surface area contributed by atoms with E-state index in [0.717, 1.165) is 31.2 Å². The summed E-state index contributed by atoms with van der Waals surface area (Å²) in [5.74, 6) is -0.00891. The van der Waals surface area contributed by atoms with E-state index in [1.54, 1.807) is 18.2 Å². The first-order valence-electron chi connectivity index (χ1n) is 7.47. The monoisotopic (exact) mass is 289 g/mol. The van der Waals surface area contributed by atoms with Crippen molar-refractivity contribution in [2.24, 2.45) is 0 Å². The number of rotatable bonds is 5. The van der Waals surface area contributed by atoms with Crippen molar-refractivity contribution < 1.29 is 14.6 Å². The van der Waals surface area contributed by atoms with Gasteiger partial charge in [0, 0.05) is 6.04 Å². The summed E-state index contributed by atoms with van der Waals surface area (Å²) >= 11 is 0. The molecule has 1 aliphatic rings. The van der Waals surface area contributed by atoms with Gasteiger partial charge in [0.1, 0.15) is 0 Å². The van der Waals surface area contributed by atoms with Gasteiger partial charge in [-0.3, -0.25) is 4.79 Å². The summed E-state index contributed by atoms with van der Waals surface area (Å²) in [6.07, 6.45) is 7.94. The molecule has 0 saturated heterocycles. The zero-order valence-electron chi connectivity index (χ0n) is 12.5. The van der Waals surface area contributed by atoms with Crippen LogP contribution in [0.3, 0.4) is 0 Å². The minimum atomic E-state index is -0.233. The van der Waals surface area contributed by atoms with Crippen molar-refractivity contribution in [2.75, 3.05) is 7.11 Å². The number of amides is 1. The fourth-order valence-corrected chi connectivity index (χ4v) is 2.79. The Morgan fingerprint density at radius 3 is 2.76 bits per heavy atom. The van der Waals surface area contributed by atoms with Crippen LogP contribution in [0.2, 0.25) is 0 Å². The molecular weight excluding hydrogens is 266 g/mol. The number of phenols is 1. The van der Waals surface area contributed by atoms with Crippen molar-refractivity contribution in [3.05, 3.63) is 35.9 Å². The predicted molar refractivity (Wildman–Crippen MR) is 82.9 cm³/mol. The number of carbonyl (C=O) groups is 1. The van der Waals surface area contributed by atoms with E-state index < -0.39 is 0 Å². The number of phenolic OH excluding ortho intramolecular Hbond substituents is 1. The van der Waals surface area contributed by atoms with Gasteiger partial charge in [0.25, 0.3) is 5.91 Å². The van der Waals surface area contributed by atoms with Crippen LogP contribution in [0.4, 0.5) is 0 Å². The highest BCUT2D eigenvalue weighted by molar-refractivity contribution is 5.98. The number of benzene rings is 1. The average molecular weight is 289 g/mol. The summed E-state index contributed by atoms with van der Waals surface area (Å²) in [5, 5.41) is 13.2. The van der Waals surface area contributed by atoms with Crippen molar-refractivity contribution >= 4 is 5.91 Å². The molecule has 1 aromatic rings. The molecule has 21 heavy (non-hydrogen) atoms. The Hall–Kier alpha value is -1.97. The number of allylic oxidation sites excluding steroid dienone is 1. The third kappa shape index (κ3) is 3.78. The average Bonchev–Trinajstić information content (AvgIpc) is 2.50. The predicted octanol–water partition coefficient (Wildman–Crippen LogP) is 3.19. The first-order chi connectivity index (χ1) is 10.2. The van der Waals surface area contributed by atoms with Gasteiger partial charge in [0.2, 0.25) is 0 Å². The maximum Gasteiger partial charge on any atom is 0.255 e. The number of carbonyl (C=O) groups excluding carboxylic acids is 1. The van der Waals surface area contributed by atoms with Crippen LogP contribution in [-0.4, -0.2) is 24.2 Å². The molecule has 0 bridgehead atoms. The second-order valence-corrected chi connectivity index (χ2v) is 5.50. The minimum Gasteiger partial charge on any atom is -0.504 e. The summed E-state index contributed by atoms with van der Waals surface area (Å²) in [7, 11) is 1.48. The molecule has 0 unspecified atom stereocenters. The van der Waals surface area contributed by atoms with Gasteiger partial charge in [-0.25, -0.2) is 0 Å². The van der Waals surface area contributed by atoms with Gasteiger partial charge < -0.3 is 15.2 Å². The number of nitrogens with one attached hydrogen (secondary N) is 1. The van der Waals surface area contributed by atoms with Gasteiger partial charge >= 0.3 is 0 Å². The van der Waals surface area contributed by atoms with Crippen LogP contribution in [-0.2, 0) is 6.42 Å². The smallest absolute Gasteiger partial charge is 0.255 e. The highest BCUT2D eigenvalue weighted by Crippen LogP contribution is 2.32. The highest BCUT2D eigenvalue weighted by atomic mass is 16.5. The van der Waals surface area contributed by atoms with E-state index >= 15 is 0 Å². The molecule has 1 amide bonds. The number of methoxy groups -OCH3 is 1. The van der Waals surface area contributed by atoms with Crippen molar-refractivity contribution in [1.82, 2.24) is 5.32 Å². The van der Waals surface area contributed by atoms with Crippen LogP contribution in [0.5, 0.6) is 11.5 Å². The van der Waals surface area contributed by atoms with E-state index in [2.05, 4.69) is 11.9 Å². The second-order valence-electron chi connectivity index (χ2n) is 5.50. The Morgan fingerprint density at radius 2 is 2.14 bits per heavy atom. The van der Waals surface area contributed by atoms with Gasteiger partial charge in [-0.15, -0.1) is 6.58 Å². The van der Waals surface area contributed by atoms with E-state index in [1.165, 1.54) is 13.5 Å². The maximum absolute atomic E-state index is 12.4. The molecule has 114 valence electrons. The Kier molecular flexibility index (Phi) is 5.26. The summed E-state index contributed by atoms with van der Waals surface area (Å²) in [6.45, 7) is 3.70. The lowest BCUT2D eigenvalue weighted by molar-refractivity contribution is 0.0924. The molecule has 1 aliphatic carbocycles. The lowest BCUT2D eigenvalue weighted by atomic mass is 9.95. The van der Waals surface area contributed by atoms with Gasteiger partial charge in [0.05, 0.1) is 12.7 Å². The molecular formula is C17H23NO3. The molecule has 0 spiro atoms. The lowest BCUT2D eigenvalue weighted by Gasteiger charge is -2.23. The van der Waals surface area contributed by atoms with Crippen LogP contribution in [0, 0.1) is 0 Å². The Labute approximate surface area is 125 Å². The first kappa shape index (κ1) is 15.4. The quantitative estimate of drug-likeness (QED) is 0.818. The molecule has 2 N–H and O–H groups in total. The van der Waals surface area contributed by atoms with Crippen LogP contribution < -0.4 is 10.1 Å². The van der Waals surface area contributed by atoms with Gasteiger partial charge in [-0.2, -0.15) is 0 Å². The van der Waals surface area contributed by atoms with Crippen LogP contribution >= 0.6 is 0 Å². The summed E-state index contributed by atoms with van der Waals surface area (Å²) in [6, 6.07) is 3.64. The van der Waals surface area contributed by atoms with Crippen LogP contribution in [0.1, 0.15) is 48.0 Å². The normalized spacial score (nSPS) is 15.5. The maximum atomic E-state index is 12.4. The molecule has 0 atom stereocenters. The Bertz CT molecular complexity index is 519. The van der Waals surface area contributed by atoms with E-state index in [0.29, 0.717) is 12.2 Å². The zero-order valence-corrected chi connectivity index (χ0v) is 12.5. The van der Waals surface area contributed by atoms with E-state index in [1.807, 2.05) is 0 Å². The fraction of sp³-hybridized carbons (Fsp3) is 0.471. The number of hydrogen-bond donors (Lipinski definition) is 2. The third-order valence-corrected chi connectivity index (χ3v) is 3.92. The van der Waals surface area contributed by atoms with Gasteiger partial charge in [0.15, 0.2) is 11.5 Å². The number of hydrogen-bond acceptors (Lipinski definition) is 3. The van der Waals surface area contributed by atoms with Crippen molar-refractivity contribution in [2.45, 2.75) is 44.6 Å². The summed E-state index contributed by atoms with van der Waals surface area (Å²) in [5.41, 5.74) is 1.17. The van der Waals surface area contributed by atoms with Crippen LogP contribution in [0.15, 0.2) is 24.8 Å². The topological polar surface area (TPSA) is 58.6 Å². The largest absolute Gasteiger partial charge is 0.504 e. The SMILES string of the molecule is C=CCc1cc(OC)c(O)c(C(=O)NC2CCCCC2)c1. The molecule has 0 aromatic heterocycles. The molecule has 1 fully saturated rings. The van der Waals surface area contributed by atoms with Crippen molar-refractivity contribution in [1.29, 1.82) is 0 Å². The summed E-state index contributed by atoms with van der Waals surface area (Å²) < 4.78 is 5.15. The summed E-state index contributed by atoms with van der Waals surface area (Å²) in [4.78, 5) is 12.4. The third-order valence-electron chi connectivity index (χ3n) is 3.92. The molecule has 0 radical (unpaired) electrons. The van der Waals surface area contributed by atoms with E-state index in [-0.39, 0.29) is 23.3 Å². The zero-order chi connectivity index (χ0) is 15.2. The standard InChI is InChI=1S/C17H23NO3/c1-3-7-12-10-14(16(19)15(11-12)21-2)17(20)18-13-8-5-4-6-9-13/h3,10-11,13,19H,1,4-9H2,2H3,(H,18,20). The molecule has 1 aromatic carbocycles. The molecule has 4 nitrogen and oxygen atoms in total. The first-order valence-corrected chi connectivity index (χ1v) is 7.47. The van der Waals surface area contributed by atoms with E-state index in [4.69, 9.17) is 4.74 Å². The van der Waals surface area contributed by atoms with Gasteiger partial charge in [-0.1, -0.05) is 25.3 Å². The van der Waals surface area contributed by atoms with Crippen LogP contribution in [0.25, 0.3) is 0 Å². The number of ether oxygens (including phenoxy) is 1. The second kappa shape index (κ2) is 7.16.